The fourth-order valence-corrected chi connectivity index (χ4v) is 1.40. The Morgan fingerprint density at radius 2 is 2.05 bits per heavy atom. The van der Waals surface area contributed by atoms with Crippen LogP contribution in [0, 0.1) is 15.9 Å². The van der Waals surface area contributed by atoms with Gasteiger partial charge in [0.2, 0.25) is 5.91 Å². The van der Waals surface area contributed by atoms with Crippen molar-refractivity contribution >= 4 is 23.2 Å². The number of hydrazine groups is 1. The number of carbonyl (C=O) groups is 2. The highest BCUT2D eigenvalue weighted by Crippen LogP contribution is 2.25. The number of hydrogen-bond acceptors (Lipinski definition) is 6. The van der Waals surface area contributed by atoms with E-state index in [1.165, 1.54) is 0 Å². The van der Waals surface area contributed by atoms with E-state index in [2.05, 4.69) is 5.32 Å². The normalized spacial score (nSPS) is 9.90. The molecule has 20 heavy (non-hydrogen) atoms. The SMILES string of the molecule is NNc1cc(C(=O)NCCC(N)=O)c([N+](=O)[O-])cc1F. The zero-order chi connectivity index (χ0) is 15.3. The second-order valence-electron chi connectivity index (χ2n) is 3.72. The van der Waals surface area contributed by atoms with Crippen molar-refractivity contribution < 1.29 is 18.9 Å². The Morgan fingerprint density at radius 1 is 1.40 bits per heavy atom. The minimum absolute atomic E-state index is 0.0892. The summed E-state index contributed by atoms with van der Waals surface area (Å²) >= 11 is 0. The largest absolute Gasteiger partial charge is 0.370 e. The number of hydrogen-bond donors (Lipinski definition) is 4. The van der Waals surface area contributed by atoms with E-state index >= 15 is 0 Å². The summed E-state index contributed by atoms with van der Waals surface area (Å²) in [6.45, 7) is -0.0892. The van der Waals surface area contributed by atoms with Crippen LogP contribution in [0.4, 0.5) is 15.8 Å². The first-order chi connectivity index (χ1) is 9.36. The van der Waals surface area contributed by atoms with Gasteiger partial charge in [-0.1, -0.05) is 0 Å². The first kappa shape index (κ1) is 15.3. The van der Waals surface area contributed by atoms with E-state index in [1.807, 2.05) is 5.43 Å². The molecule has 9 nitrogen and oxygen atoms in total. The van der Waals surface area contributed by atoms with Crippen molar-refractivity contribution in [2.75, 3.05) is 12.0 Å². The molecule has 0 spiro atoms. The number of nitrogens with two attached hydrogens (primary N) is 2. The van der Waals surface area contributed by atoms with Crippen molar-refractivity contribution in [3.8, 4) is 0 Å². The average molecular weight is 285 g/mol. The van der Waals surface area contributed by atoms with Gasteiger partial charge in [0.05, 0.1) is 16.7 Å². The number of nitro groups is 1. The molecule has 1 aromatic carbocycles. The Balaban J connectivity index is 3.04. The summed E-state index contributed by atoms with van der Waals surface area (Å²) in [5.74, 6) is 2.59. The molecule has 0 unspecified atom stereocenters. The molecule has 1 rings (SSSR count). The lowest BCUT2D eigenvalue weighted by Gasteiger charge is -2.08. The molecule has 0 aliphatic heterocycles. The average Bonchev–Trinajstić information content (AvgIpc) is 2.37. The third kappa shape index (κ3) is 3.62. The molecule has 0 aromatic heterocycles. The predicted octanol–water partition coefficient (Wildman–Crippen LogP) is -0.375. The standard InChI is InChI=1S/C10H12FN5O4/c11-6-4-8(16(19)20)5(3-7(6)15-13)10(18)14-2-1-9(12)17/h3-4,15H,1-2,13H2,(H2,12,17)(H,14,18). The molecule has 0 aliphatic rings. The second kappa shape index (κ2) is 6.43. The van der Waals surface area contributed by atoms with Crippen molar-refractivity contribution in [1.29, 1.82) is 0 Å². The molecule has 0 bridgehead atoms. The molecule has 0 saturated carbocycles. The fourth-order valence-electron chi connectivity index (χ4n) is 1.40. The number of nitrogens with one attached hydrogen (secondary N) is 2. The van der Waals surface area contributed by atoms with E-state index in [0.29, 0.717) is 6.07 Å². The van der Waals surface area contributed by atoms with Crippen molar-refractivity contribution in [1.82, 2.24) is 5.32 Å². The summed E-state index contributed by atoms with van der Waals surface area (Å²) in [5.41, 5.74) is 5.51. The van der Waals surface area contributed by atoms with Gasteiger partial charge >= 0.3 is 0 Å². The van der Waals surface area contributed by atoms with Crippen molar-refractivity contribution in [2.24, 2.45) is 11.6 Å². The number of benzene rings is 1. The Kier molecular flexibility index (Phi) is 4.92. The van der Waals surface area contributed by atoms with Crippen LogP contribution in [0.3, 0.4) is 0 Å². The molecule has 1 aromatic rings. The molecule has 0 saturated heterocycles. The molecular weight excluding hydrogens is 273 g/mol. The maximum atomic E-state index is 13.4. The monoisotopic (exact) mass is 285 g/mol. The lowest BCUT2D eigenvalue weighted by molar-refractivity contribution is -0.385. The van der Waals surface area contributed by atoms with Crippen LogP contribution in [0.25, 0.3) is 0 Å². The molecule has 6 N–H and O–H groups in total. The number of halogens is 1. The maximum Gasteiger partial charge on any atom is 0.285 e. The zero-order valence-corrected chi connectivity index (χ0v) is 10.2. The van der Waals surface area contributed by atoms with Crippen LogP contribution in [-0.2, 0) is 4.79 Å². The summed E-state index contributed by atoms with van der Waals surface area (Å²) in [6.07, 6.45) is -0.122. The number of nitro benzene ring substituents is 1. The number of nitrogens with zero attached hydrogens (tertiary/aromatic N) is 1. The van der Waals surface area contributed by atoms with Gasteiger partial charge in [-0.05, 0) is 6.07 Å². The lowest BCUT2D eigenvalue weighted by atomic mass is 10.1. The topological polar surface area (TPSA) is 153 Å². The van der Waals surface area contributed by atoms with E-state index in [1.54, 1.807) is 0 Å². The van der Waals surface area contributed by atoms with E-state index in [4.69, 9.17) is 11.6 Å². The molecule has 0 atom stereocenters. The lowest BCUT2D eigenvalue weighted by Crippen LogP contribution is -2.28. The molecule has 0 fully saturated rings. The molecule has 10 heteroatoms. The minimum Gasteiger partial charge on any atom is -0.370 e. The summed E-state index contributed by atoms with van der Waals surface area (Å²) in [5, 5.41) is 13.1. The summed E-state index contributed by atoms with van der Waals surface area (Å²) in [4.78, 5) is 32.2. The van der Waals surface area contributed by atoms with Gasteiger partial charge in [-0.15, -0.1) is 0 Å². The number of amides is 2. The fraction of sp³-hybridized carbons (Fsp3) is 0.200. The minimum atomic E-state index is -0.965. The van der Waals surface area contributed by atoms with Crippen LogP contribution in [0.15, 0.2) is 12.1 Å². The van der Waals surface area contributed by atoms with Gasteiger partial charge in [0.1, 0.15) is 5.56 Å². The van der Waals surface area contributed by atoms with Gasteiger partial charge in [-0.3, -0.25) is 25.5 Å². The Morgan fingerprint density at radius 3 is 2.55 bits per heavy atom. The molecular formula is C10H12FN5O4. The van der Waals surface area contributed by atoms with Crippen LogP contribution in [0.2, 0.25) is 0 Å². The van der Waals surface area contributed by atoms with Crippen LogP contribution in [0.5, 0.6) is 0 Å². The first-order valence-electron chi connectivity index (χ1n) is 5.38. The van der Waals surface area contributed by atoms with Gasteiger partial charge < -0.3 is 16.5 Å². The van der Waals surface area contributed by atoms with Crippen LogP contribution in [-0.4, -0.2) is 23.3 Å². The molecule has 0 aliphatic carbocycles. The van der Waals surface area contributed by atoms with E-state index in [9.17, 15) is 24.1 Å². The van der Waals surface area contributed by atoms with Crippen molar-refractivity contribution in [3.05, 3.63) is 33.6 Å². The summed E-state index contributed by atoms with van der Waals surface area (Å²) < 4.78 is 13.4. The van der Waals surface area contributed by atoms with Crippen molar-refractivity contribution in [2.45, 2.75) is 6.42 Å². The highest BCUT2D eigenvalue weighted by Gasteiger charge is 2.23. The Hall–Kier alpha value is -2.75. The third-order valence-electron chi connectivity index (χ3n) is 2.34. The Bertz CT molecular complexity index is 563. The van der Waals surface area contributed by atoms with Gasteiger partial charge in [0.15, 0.2) is 5.82 Å². The highest BCUT2D eigenvalue weighted by molar-refractivity contribution is 5.99. The van der Waals surface area contributed by atoms with Crippen molar-refractivity contribution in [3.63, 3.8) is 0 Å². The first-order valence-corrected chi connectivity index (χ1v) is 5.38. The van der Waals surface area contributed by atoms with Crippen LogP contribution in [0.1, 0.15) is 16.8 Å². The smallest absolute Gasteiger partial charge is 0.285 e. The molecule has 2 amide bonds. The predicted molar refractivity (Wildman–Crippen MR) is 67.0 cm³/mol. The maximum absolute atomic E-state index is 13.4. The van der Waals surface area contributed by atoms with Crippen LogP contribution >= 0.6 is 0 Å². The van der Waals surface area contributed by atoms with E-state index in [0.717, 1.165) is 6.07 Å². The van der Waals surface area contributed by atoms with Gasteiger partial charge in [0.25, 0.3) is 11.6 Å². The summed E-state index contributed by atoms with van der Waals surface area (Å²) in [7, 11) is 0. The number of nitrogen functional groups attached to an aromatic ring is 1. The molecule has 0 radical (unpaired) electrons. The highest BCUT2D eigenvalue weighted by atomic mass is 19.1. The second-order valence-corrected chi connectivity index (χ2v) is 3.72. The third-order valence-corrected chi connectivity index (χ3v) is 2.34. The van der Waals surface area contributed by atoms with E-state index in [-0.39, 0.29) is 24.2 Å². The number of carbonyl (C=O) groups excluding carboxylic acids is 2. The summed E-state index contributed by atoms with van der Waals surface area (Å²) in [6, 6.07) is 1.49. The quantitative estimate of drug-likeness (QED) is 0.317. The number of rotatable bonds is 6. The van der Waals surface area contributed by atoms with Gasteiger partial charge in [-0.25, -0.2) is 4.39 Å². The van der Waals surface area contributed by atoms with Crippen LogP contribution < -0.4 is 22.3 Å². The number of primary amides is 1. The number of anilines is 1. The molecule has 108 valence electrons. The van der Waals surface area contributed by atoms with Gasteiger partial charge in [-0.2, -0.15) is 0 Å². The van der Waals surface area contributed by atoms with E-state index < -0.39 is 28.2 Å². The Labute approximate surface area is 112 Å². The van der Waals surface area contributed by atoms with Gasteiger partial charge in [0, 0.05) is 13.0 Å². The molecule has 0 heterocycles. The zero-order valence-electron chi connectivity index (χ0n) is 10.2.